The molecule has 2 aromatic rings. The number of thiocarbonyl (C=S) groups is 1. The standard InChI is InChI=1S/C10H11N3S/c1-12(2)10(14)13-7-5-8-4-3-6-11-9(8)13/h3-7H,1-2H3. The van der Waals surface area contributed by atoms with Crippen LogP contribution >= 0.6 is 12.2 Å². The molecule has 0 unspecified atom stereocenters. The SMILES string of the molecule is CN(C)C(=S)n1ccc2cccnc21. The molecular formula is C10H11N3S. The van der Waals surface area contributed by atoms with Crippen molar-refractivity contribution in [1.29, 1.82) is 0 Å². The normalized spacial score (nSPS) is 10.4. The molecular weight excluding hydrogens is 194 g/mol. The van der Waals surface area contributed by atoms with Gasteiger partial charge >= 0.3 is 0 Å². The zero-order valence-electron chi connectivity index (χ0n) is 8.14. The predicted molar refractivity (Wildman–Crippen MR) is 61.4 cm³/mol. The maximum absolute atomic E-state index is 5.27. The lowest BCUT2D eigenvalue weighted by atomic mass is 10.3. The van der Waals surface area contributed by atoms with Crippen LogP contribution in [0.3, 0.4) is 0 Å². The molecule has 0 aliphatic rings. The Morgan fingerprint density at radius 3 is 2.93 bits per heavy atom. The molecule has 0 spiro atoms. The van der Waals surface area contributed by atoms with Gasteiger partial charge in [-0.1, -0.05) is 0 Å². The topological polar surface area (TPSA) is 21.1 Å². The average molecular weight is 205 g/mol. The molecule has 14 heavy (non-hydrogen) atoms. The fourth-order valence-corrected chi connectivity index (χ4v) is 1.48. The maximum atomic E-state index is 5.27. The van der Waals surface area contributed by atoms with E-state index in [9.17, 15) is 0 Å². The van der Waals surface area contributed by atoms with E-state index in [4.69, 9.17) is 12.2 Å². The molecule has 2 heterocycles. The molecule has 0 radical (unpaired) electrons. The molecule has 0 amide bonds. The van der Waals surface area contributed by atoms with Crippen LogP contribution < -0.4 is 0 Å². The Kier molecular flexibility index (Phi) is 2.21. The van der Waals surface area contributed by atoms with Crippen LogP contribution in [0.15, 0.2) is 30.6 Å². The molecule has 2 rings (SSSR count). The lowest BCUT2D eigenvalue weighted by Crippen LogP contribution is -2.26. The van der Waals surface area contributed by atoms with Crippen molar-refractivity contribution in [2.45, 2.75) is 0 Å². The van der Waals surface area contributed by atoms with E-state index in [0.29, 0.717) is 0 Å². The van der Waals surface area contributed by atoms with Gasteiger partial charge in [-0.15, -0.1) is 0 Å². The van der Waals surface area contributed by atoms with Gasteiger partial charge < -0.3 is 4.90 Å². The van der Waals surface area contributed by atoms with Gasteiger partial charge in [0.05, 0.1) is 0 Å². The molecule has 72 valence electrons. The molecule has 0 fully saturated rings. The van der Waals surface area contributed by atoms with Crippen LogP contribution in [-0.2, 0) is 0 Å². The van der Waals surface area contributed by atoms with Gasteiger partial charge in [-0.25, -0.2) is 4.98 Å². The Hall–Kier alpha value is -1.42. The van der Waals surface area contributed by atoms with Crippen LogP contribution in [0.1, 0.15) is 0 Å². The van der Waals surface area contributed by atoms with Crippen molar-refractivity contribution in [1.82, 2.24) is 14.5 Å². The second-order valence-electron chi connectivity index (χ2n) is 3.28. The average Bonchev–Trinajstić information content (AvgIpc) is 2.60. The van der Waals surface area contributed by atoms with E-state index in [2.05, 4.69) is 4.98 Å². The van der Waals surface area contributed by atoms with Crippen molar-refractivity contribution in [3.8, 4) is 0 Å². The fourth-order valence-electron chi connectivity index (χ4n) is 1.34. The van der Waals surface area contributed by atoms with E-state index in [1.165, 1.54) is 0 Å². The van der Waals surface area contributed by atoms with Crippen LogP contribution in [-0.4, -0.2) is 33.7 Å². The second kappa shape index (κ2) is 3.38. The zero-order chi connectivity index (χ0) is 10.1. The van der Waals surface area contributed by atoms with Crippen molar-refractivity contribution < 1.29 is 0 Å². The summed E-state index contributed by atoms with van der Waals surface area (Å²) in [6, 6.07) is 5.96. The third-order valence-corrected chi connectivity index (χ3v) is 2.60. The first-order chi connectivity index (χ1) is 6.70. The number of aromatic nitrogens is 2. The first-order valence-corrected chi connectivity index (χ1v) is 4.74. The molecule has 3 nitrogen and oxygen atoms in total. The summed E-state index contributed by atoms with van der Waals surface area (Å²) in [5.74, 6) is 0. The van der Waals surface area contributed by atoms with Crippen molar-refractivity contribution in [2.75, 3.05) is 14.1 Å². The van der Waals surface area contributed by atoms with Crippen molar-refractivity contribution in [3.05, 3.63) is 30.6 Å². The number of hydrogen-bond donors (Lipinski definition) is 0. The Labute approximate surface area is 88.0 Å². The van der Waals surface area contributed by atoms with Crippen molar-refractivity contribution >= 4 is 28.4 Å². The molecule has 0 saturated heterocycles. The molecule has 0 saturated carbocycles. The van der Waals surface area contributed by atoms with Gasteiger partial charge in [0, 0.05) is 31.9 Å². The van der Waals surface area contributed by atoms with Gasteiger partial charge in [-0.3, -0.25) is 4.57 Å². The minimum atomic E-state index is 0.749. The van der Waals surface area contributed by atoms with Gasteiger partial charge in [-0.05, 0) is 30.4 Å². The molecule has 0 aliphatic heterocycles. The van der Waals surface area contributed by atoms with Gasteiger partial charge in [0.1, 0.15) is 5.65 Å². The number of fused-ring (bicyclic) bond motifs is 1. The van der Waals surface area contributed by atoms with Crippen LogP contribution in [0.4, 0.5) is 0 Å². The number of rotatable bonds is 0. The van der Waals surface area contributed by atoms with E-state index in [1.807, 2.05) is 48.0 Å². The van der Waals surface area contributed by atoms with Crippen molar-refractivity contribution in [2.24, 2.45) is 0 Å². The van der Waals surface area contributed by atoms with Gasteiger partial charge in [0.2, 0.25) is 0 Å². The maximum Gasteiger partial charge on any atom is 0.180 e. The van der Waals surface area contributed by atoms with E-state index in [0.717, 1.165) is 16.1 Å². The molecule has 0 atom stereocenters. The Morgan fingerprint density at radius 1 is 1.43 bits per heavy atom. The van der Waals surface area contributed by atoms with Gasteiger partial charge in [-0.2, -0.15) is 0 Å². The third-order valence-electron chi connectivity index (χ3n) is 2.04. The van der Waals surface area contributed by atoms with Gasteiger partial charge in [0.15, 0.2) is 5.11 Å². The molecule has 0 aromatic carbocycles. The van der Waals surface area contributed by atoms with E-state index >= 15 is 0 Å². The largest absolute Gasteiger partial charge is 0.355 e. The zero-order valence-corrected chi connectivity index (χ0v) is 8.95. The lowest BCUT2D eigenvalue weighted by Gasteiger charge is -2.14. The highest BCUT2D eigenvalue weighted by atomic mass is 32.1. The van der Waals surface area contributed by atoms with Crippen molar-refractivity contribution in [3.63, 3.8) is 0 Å². The minimum Gasteiger partial charge on any atom is -0.355 e. The van der Waals surface area contributed by atoms with Gasteiger partial charge in [0.25, 0.3) is 0 Å². The Bertz CT molecular complexity index is 473. The summed E-state index contributed by atoms with van der Waals surface area (Å²) in [6.45, 7) is 0. The summed E-state index contributed by atoms with van der Waals surface area (Å²) in [4.78, 5) is 6.19. The monoisotopic (exact) mass is 205 g/mol. The van der Waals surface area contributed by atoms with Crippen LogP contribution in [0.25, 0.3) is 11.0 Å². The summed E-state index contributed by atoms with van der Waals surface area (Å²) in [6.07, 6.45) is 3.72. The molecule has 2 aromatic heterocycles. The Balaban J connectivity index is 2.58. The van der Waals surface area contributed by atoms with Crippen LogP contribution in [0.5, 0.6) is 0 Å². The Morgan fingerprint density at radius 2 is 2.21 bits per heavy atom. The number of hydrogen-bond acceptors (Lipinski definition) is 2. The summed E-state index contributed by atoms with van der Waals surface area (Å²) >= 11 is 5.27. The number of nitrogens with zero attached hydrogens (tertiary/aromatic N) is 3. The molecule has 0 N–H and O–H groups in total. The highest BCUT2D eigenvalue weighted by molar-refractivity contribution is 7.80. The first kappa shape index (κ1) is 9.15. The third kappa shape index (κ3) is 1.37. The highest BCUT2D eigenvalue weighted by Gasteiger charge is 2.06. The summed E-state index contributed by atoms with van der Waals surface area (Å²) in [5, 5.41) is 1.86. The molecule has 0 bridgehead atoms. The number of pyridine rings is 1. The summed E-state index contributed by atoms with van der Waals surface area (Å²) in [5.41, 5.74) is 0.909. The summed E-state index contributed by atoms with van der Waals surface area (Å²) in [7, 11) is 3.86. The molecule has 0 aliphatic carbocycles. The van der Waals surface area contributed by atoms with E-state index in [1.54, 1.807) is 6.20 Å². The minimum absolute atomic E-state index is 0.749. The van der Waals surface area contributed by atoms with E-state index < -0.39 is 0 Å². The van der Waals surface area contributed by atoms with E-state index in [-0.39, 0.29) is 0 Å². The molecule has 4 heteroatoms. The lowest BCUT2D eigenvalue weighted by molar-refractivity contribution is 0.613. The smallest absolute Gasteiger partial charge is 0.180 e. The van der Waals surface area contributed by atoms with Crippen LogP contribution in [0.2, 0.25) is 0 Å². The summed E-state index contributed by atoms with van der Waals surface area (Å²) < 4.78 is 1.91. The second-order valence-corrected chi connectivity index (χ2v) is 3.64. The fraction of sp³-hybridized carbons (Fsp3) is 0.200. The van der Waals surface area contributed by atoms with Crippen LogP contribution in [0, 0.1) is 0 Å². The first-order valence-electron chi connectivity index (χ1n) is 4.34. The highest BCUT2D eigenvalue weighted by Crippen LogP contribution is 2.12. The quantitative estimate of drug-likeness (QED) is 0.611. The predicted octanol–water partition coefficient (Wildman–Crippen LogP) is 1.73.